The number of hydrogen-bond acceptors (Lipinski definition) is 3. The van der Waals surface area contributed by atoms with Crippen LogP contribution in [0.3, 0.4) is 0 Å². The molecule has 1 rings (SSSR count). The smallest absolute Gasteiger partial charge is 0.266 e. The summed E-state index contributed by atoms with van der Waals surface area (Å²) in [6.45, 7) is 6.28. The minimum Gasteiger partial charge on any atom is -0.296 e. The van der Waals surface area contributed by atoms with Gasteiger partial charge in [-0.05, 0) is 56.2 Å². The van der Waals surface area contributed by atoms with Crippen molar-refractivity contribution in [3.8, 4) is 6.07 Å². The predicted molar refractivity (Wildman–Crippen MR) is 74.6 cm³/mol. The van der Waals surface area contributed by atoms with Crippen molar-refractivity contribution in [1.29, 1.82) is 5.26 Å². The third kappa shape index (κ3) is 3.80. The lowest BCUT2D eigenvalue weighted by atomic mass is 9.90. The van der Waals surface area contributed by atoms with E-state index in [1.807, 2.05) is 43.4 Å². The van der Waals surface area contributed by atoms with Gasteiger partial charge in [0.05, 0.1) is 15.1 Å². The zero-order valence-corrected chi connectivity index (χ0v) is 12.5. The van der Waals surface area contributed by atoms with Gasteiger partial charge in [0.15, 0.2) is 0 Å². The number of aromatic nitrogens is 2. The second-order valence-corrected chi connectivity index (χ2v) is 5.87. The highest BCUT2D eigenvalue weighted by atomic mass is 127. The Morgan fingerprint density at radius 2 is 2.24 bits per heavy atom. The van der Waals surface area contributed by atoms with Gasteiger partial charge in [0, 0.05) is 12.7 Å². The molecular formula is C12H16IN3O. The second kappa shape index (κ2) is 5.63. The third-order valence-corrected chi connectivity index (χ3v) is 3.43. The molecular weight excluding hydrogens is 329 g/mol. The van der Waals surface area contributed by atoms with Gasteiger partial charge >= 0.3 is 0 Å². The highest BCUT2D eigenvalue weighted by Crippen LogP contribution is 2.20. The molecule has 0 saturated carbocycles. The van der Waals surface area contributed by atoms with E-state index in [0.29, 0.717) is 10.1 Å². The summed E-state index contributed by atoms with van der Waals surface area (Å²) in [6, 6.07) is 2.26. The first-order valence-electron chi connectivity index (χ1n) is 5.50. The monoisotopic (exact) mass is 345 g/mol. The van der Waals surface area contributed by atoms with Crippen molar-refractivity contribution < 1.29 is 0 Å². The van der Waals surface area contributed by atoms with Gasteiger partial charge < -0.3 is 0 Å². The minimum absolute atomic E-state index is 0.00728. The van der Waals surface area contributed by atoms with Crippen molar-refractivity contribution >= 4 is 22.6 Å². The van der Waals surface area contributed by atoms with E-state index in [2.05, 4.69) is 11.1 Å². The lowest BCUT2D eigenvalue weighted by molar-refractivity contribution is 0.410. The van der Waals surface area contributed by atoms with Gasteiger partial charge in [-0.1, -0.05) is 0 Å². The minimum atomic E-state index is -0.327. The Morgan fingerprint density at radius 3 is 2.82 bits per heavy atom. The van der Waals surface area contributed by atoms with Crippen LogP contribution in [0, 0.1) is 27.2 Å². The van der Waals surface area contributed by atoms with Crippen molar-refractivity contribution in [2.24, 2.45) is 5.41 Å². The molecule has 0 aliphatic rings. The first kappa shape index (κ1) is 14.2. The molecule has 1 aromatic heterocycles. The van der Waals surface area contributed by atoms with Crippen LogP contribution in [0.25, 0.3) is 0 Å². The van der Waals surface area contributed by atoms with Crippen LogP contribution in [0.15, 0.2) is 11.0 Å². The summed E-state index contributed by atoms with van der Waals surface area (Å²) in [5, 5.41) is 8.91. The summed E-state index contributed by atoms with van der Waals surface area (Å²) >= 11 is 1.99. The Labute approximate surface area is 115 Å². The zero-order chi connectivity index (χ0) is 13.1. The Bertz CT molecular complexity index is 499. The molecule has 0 N–H and O–H groups in total. The fourth-order valence-electron chi connectivity index (χ4n) is 1.55. The highest BCUT2D eigenvalue weighted by molar-refractivity contribution is 14.1. The average Bonchev–Trinajstić information content (AvgIpc) is 2.28. The lowest BCUT2D eigenvalue weighted by Crippen LogP contribution is -2.26. The maximum absolute atomic E-state index is 11.9. The summed E-state index contributed by atoms with van der Waals surface area (Å²) in [5.41, 5.74) is -0.319. The molecule has 0 aliphatic heterocycles. The number of halogens is 1. The molecule has 92 valence electrons. The van der Waals surface area contributed by atoms with Crippen LogP contribution < -0.4 is 5.56 Å². The van der Waals surface area contributed by atoms with Gasteiger partial charge in [-0.2, -0.15) is 5.26 Å². The van der Waals surface area contributed by atoms with E-state index in [9.17, 15) is 4.79 Å². The van der Waals surface area contributed by atoms with Crippen LogP contribution in [0.1, 0.15) is 32.5 Å². The molecule has 4 nitrogen and oxygen atoms in total. The molecule has 0 saturated heterocycles. The summed E-state index contributed by atoms with van der Waals surface area (Å²) < 4.78 is 2.31. The van der Waals surface area contributed by atoms with Gasteiger partial charge in [-0.15, -0.1) is 0 Å². The zero-order valence-electron chi connectivity index (χ0n) is 10.3. The van der Waals surface area contributed by atoms with Gasteiger partial charge in [0.25, 0.3) is 5.56 Å². The number of aryl methyl sites for hydroxylation is 1. The first-order chi connectivity index (χ1) is 7.87. The summed E-state index contributed by atoms with van der Waals surface area (Å²) in [7, 11) is 0. The molecule has 17 heavy (non-hydrogen) atoms. The number of nitrogens with zero attached hydrogens (tertiary/aromatic N) is 3. The van der Waals surface area contributed by atoms with Crippen molar-refractivity contribution in [2.45, 2.75) is 40.2 Å². The van der Waals surface area contributed by atoms with Crippen LogP contribution in [0.4, 0.5) is 0 Å². The van der Waals surface area contributed by atoms with E-state index >= 15 is 0 Å². The van der Waals surface area contributed by atoms with Crippen LogP contribution in [0.5, 0.6) is 0 Å². The topological polar surface area (TPSA) is 58.7 Å². The second-order valence-electron chi connectivity index (χ2n) is 4.71. The lowest BCUT2D eigenvalue weighted by Gasteiger charge is -2.15. The molecule has 1 aromatic rings. The Hall–Kier alpha value is -0.900. The molecule has 1 heterocycles. The molecule has 5 heteroatoms. The highest BCUT2D eigenvalue weighted by Gasteiger charge is 2.16. The normalized spacial score (nSPS) is 11.2. The summed E-state index contributed by atoms with van der Waals surface area (Å²) in [6.07, 6.45) is 3.18. The summed E-state index contributed by atoms with van der Waals surface area (Å²) in [5.74, 6) is 0.727. The van der Waals surface area contributed by atoms with Crippen LogP contribution >= 0.6 is 22.6 Å². The molecule has 0 bridgehead atoms. The molecule has 0 aliphatic carbocycles. The number of nitriles is 1. The molecule has 0 radical (unpaired) electrons. The molecule has 0 atom stereocenters. The van der Waals surface area contributed by atoms with Gasteiger partial charge in [0.1, 0.15) is 5.82 Å². The van der Waals surface area contributed by atoms with Crippen molar-refractivity contribution in [3.63, 3.8) is 0 Å². The van der Waals surface area contributed by atoms with Crippen LogP contribution in [-0.4, -0.2) is 9.55 Å². The molecule has 0 amide bonds. The predicted octanol–water partition coefficient (Wildman–Crippen LogP) is 2.49. The quantitative estimate of drug-likeness (QED) is 0.788. The number of rotatable bonds is 4. The van der Waals surface area contributed by atoms with E-state index in [-0.39, 0.29) is 11.0 Å². The molecule has 0 aromatic carbocycles. The van der Waals surface area contributed by atoms with Crippen molar-refractivity contribution in [3.05, 3.63) is 25.9 Å². The van der Waals surface area contributed by atoms with Crippen LogP contribution in [0.2, 0.25) is 0 Å². The fourth-order valence-corrected chi connectivity index (χ4v) is 1.98. The Morgan fingerprint density at radius 1 is 1.59 bits per heavy atom. The first-order valence-corrected chi connectivity index (χ1v) is 6.58. The van der Waals surface area contributed by atoms with Crippen molar-refractivity contribution in [2.75, 3.05) is 0 Å². The van der Waals surface area contributed by atoms with Crippen LogP contribution in [-0.2, 0) is 6.54 Å². The Kier molecular flexibility index (Phi) is 4.69. The van der Waals surface area contributed by atoms with E-state index in [1.54, 1.807) is 10.8 Å². The van der Waals surface area contributed by atoms with Gasteiger partial charge in [-0.25, -0.2) is 4.98 Å². The van der Waals surface area contributed by atoms with E-state index in [1.165, 1.54) is 0 Å². The van der Waals surface area contributed by atoms with E-state index < -0.39 is 0 Å². The molecule has 0 unspecified atom stereocenters. The SMILES string of the molecule is Cc1ncc(I)c(=O)n1CCCC(C)(C)C#N. The third-order valence-electron chi connectivity index (χ3n) is 2.69. The molecule has 0 spiro atoms. The van der Waals surface area contributed by atoms with Gasteiger partial charge in [0.2, 0.25) is 0 Å². The average molecular weight is 345 g/mol. The number of hydrogen-bond donors (Lipinski definition) is 0. The maximum Gasteiger partial charge on any atom is 0.266 e. The standard InChI is InChI=1S/C12H16IN3O/c1-9-15-7-10(13)11(17)16(9)6-4-5-12(2,3)8-14/h7H,4-6H2,1-3H3. The molecule has 0 fully saturated rings. The van der Waals surface area contributed by atoms with Crippen molar-refractivity contribution in [1.82, 2.24) is 9.55 Å². The van der Waals surface area contributed by atoms with E-state index in [4.69, 9.17) is 5.26 Å². The Balaban J connectivity index is 2.75. The van der Waals surface area contributed by atoms with Gasteiger partial charge in [-0.3, -0.25) is 9.36 Å². The van der Waals surface area contributed by atoms with E-state index in [0.717, 1.165) is 18.7 Å². The summed E-state index contributed by atoms with van der Waals surface area (Å²) in [4.78, 5) is 16.0. The largest absolute Gasteiger partial charge is 0.296 e. The maximum atomic E-state index is 11.9. The fraction of sp³-hybridized carbons (Fsp3) is 0.583.